The van der Waals surface area contributed by atoms with Gasteiger partial charge in [0.05, 0.1) is 0 Å². The van der Waals surface area contributed by atoms with Gasteiger partial charge in [0, 0.05) is 18.8 Å². The van der Waals surface area contributed by atoms with Crippen molar-refractivity contribution in [3.8, 4) is 0 Å². The summed E-state index contributed by atoms with van der Waals surface area (Å²) in [7, 11) is -4.00. The van der Waals surface area contributed by atoms with Crippen LogP contribution in [0.3, 0.4) is 0 Å². The average molecular weight is 452 g/mol. The molecule has 2 aromatic carbocycles. The van der Waals surface area contributed by atoms with E-state index in [2.05, 4.69) is 5.16 Å². The lowest BCUT2D eigenvalue weighted by atomic mass is 9.94. The second kappa shape index (κ2) is 7.86. The molecule has 0 spiro atoms. The number of aryl methyl sites for hydroxylation is 3. The molecule has 1 atom stereocenters. The third-order valence-electron chi connectivity index (χ3n) is 6.40. The Bertz CT molecular complexity index is 1280. The summed E-state index contributed by atoms with van der Waals surface area (Å²) in [5.41, 5.74) is 4.20. The van der Waals surface area contributed by atoms with E-state index >= 15 is 0 Å². The van der Waals surface area contributed by atoms with E-state index in [1.165, 1.54) is 4.31 Å². The summed E-state index contributed by atoms with van der Waals surface area (Å²) in [5.74, 6) is 0.0397. The zero-order chi connectivity index (χ0) is 22.5. The van der Waals surface area contributed by atoms with Crippen LogP contribution in [0.4, 0.5) is 5.69 Å². The smallest absolute Gasteiger partial charge is 0.249 e. The van der Waals surface area contributed by atoms with Crippen molar-refractivity contribution in [1.82, 2.24) is 9.46 Å². The number of carbonyl (C=O) groups is 1. The van der Waals surface area contributed by atoms with E-state index < -0.39 is 16.1 Å². The molecule has 0 fully saturated rings. The molecule has 0 N–H and O–H groups in total. The number of sulfonamides is 1. The number of hydrogen-bond acceptors (Lipinski definition) is 5. The van der Waals surface area contributed by atoms with Crippen molar-refractivity contribution < 1.29 is 17.7 Å². The van der Waals surface area contributed by atoms with Gasteiger partial charge in [0.25, 0.3) is 0 Å². The molecule has 5 rings (SSSR count). The first kappa shape index (κ1) is 20.9. The predicted octanol–water partition coefficient (Wildman–Crippen LogP) is 3.39. The summed E-state index contributed by atoms with van der Waals surface area (Å²) >= 11 is 0. The summed E-state index contributed by atoms with van der Waals surface area (Å²) in [5, 5.41) is 3.83. The Balaban J connectivity index is 1.60. The summed E-state index contributed by atoms with van der Waals surface area (Å²) in [6, 6.07) is 14.7. The number of nitrogens with zero attached hydrogens (tertiary/aromatic N) is 3. The van der Waals surface area contributed by atoms with Crippen LogP contribution in [0.15, 0.2) is 57.9 Å². The van der Waals surface area contributed by atoms with Crippen LogP contribution in [0.1, 0.15) is 34.6 Å². The third-order valence-corrected chi connectivity index (χ3v) is 8.50. The van der Waals surface area contributed by atoms with Crippen molar-refractivity contribution in [3.05, 3.63) is 76.7 Å². The number of fused-ring (bicyclic) bond motifs is 2. The summed E-state index contributed by atoms with van der Waals surface area (Å²) in [6.45, 7) is 3.91. The van der Waals surface area contributed by atoms with Crippen LogP contribution in [-0.4, -0.2) is 36.4 Å². The maximum Gasteiger partial charge on any atom is 0.249 e. The maximum atomic E-state index is 13.9. The van der Waals surface area contributed by atoms with Crippen LogP contribution >= 0.6 is 0 Å². The number of rotatable bonds is 3. The lowest BCUT2D eigenvalue weighted by Gasteiger charge is -2.39. The lowest BCUT2D eigenvalue weighted by Crippen LogP contribution is -2.54. The van der Waals surface area contributed by atoms with Crippen molar-refractivity contribution in [3.63, 3.8) is 0 Å². The van der Waals surface area contributed by atoms with E-state index in [4.69, 9.17) is 4.52 Å². The largest absolute Gasteiger partial charge is 0.360 e. The molecular weight excluding hydrogens is 426 g/mol. The Hall–Kier alpha value is -2.97. The van der Waals surface area contributed by atoms with Gasteiger partial charge in [-0.15, -0.1) is 0 Å². The number of hydrogen-bond donors (Lipinski definition) is 0. The first-order valence-corrected chi connectivity index (χ1v) is 12.2. The number of aromatic nitrogens is 1. The average Bonchev–Trinajstić information content (AvgIpc) is 3.16. The Labute approximate surface area is 187 Å². The fraction of sp³-hybridized carbons (Fsp3) is 0.333. The minimum Gasteiger partial charge on any atom is -0.360 e. The molecular formula is C24H25N3O4S. The Kier molecular flexibility index (Phi) is 5.14. The van der Waals surface area contributed by atoms with E-state index in [1.807, 2.05) is 48.5 Å². The highest BCUT2D eigenvalue weighted by Gasteiger charge is 2.44. The van der Waals surface area contributed by atoms with Crippen LogP contribution in [0.2, 0.25) is 0 Å². The van der Waals surface area contributed by atoms with E-state index in [1.54, 1.807) is 18.7 Å². The number of para-hydroxylation sites is 1. The first-order chi connectivity index (χ1) is 15.4. The van der Waals surface area contributed by atoms with Gasteiger partial charge in [-0.05, 0) is 55.9 Å². The Morgan fingerprint density at radius 1 is 1.03 bits per heavy atom. The second-order valence-electron chi connectivity index (χ2n) is 8.41. The number of anilines is 1. The van der Waals surface area contributed by atoms with Crippen LogP contribution in [0.5, 0.6) is 0 Å². The molecule has 1 amide bonds. The van der Waals surface area contributed by atoms with E-state index in [0.717, 1.165) is 35.2 Å². The van der Waals surface area contributed by atoms with Gasteiger partial charge < -0.3 is 9.42 Å². The molecule has 3 heterocycles. The summed E-state index contributed by atoms with van der Waals surface area (Å²) in [6.07, 6.45) is 2.09. The fourth-order valence-electron chi connectivity index (χ4n) is 4.86. The second-order valence-corrected chi connectivity index (χ2v) is 10.2. The van der Waals surface area contributed by atoms with Crippen molar-refractivity contribution in [2.45, 2.75) is 50.6 Å². The number of carbonyl (C=O) groups excluding carboxylic acids is 1. The van der Waals surface area contributed by atoms with Crippen molar-refractivity contribution in [2.75, 3.05) is 11.4 Å². The first-order valence-electron chi connectivity index (χ1n) is 10.8. The molecule has 1 aromatic heterocycles. The fourth-order valence-corrected chi connectivity index (χ4v) is 6.72. The highest BCUT2D eigenvalue weighted by atomic mass is 32.2. The normalized spacial score (nSPS) is 18.8. The molecule has 166 valence electrons. The van der Waals surface area contributed by atoms with Gasteiger partial charge in [-0.2, -0.15) is 4.31 Å². The van der Waals surface area contributed by atoms with Crippen LogP contribution in [-0.2, 0) is 34.2 Å². The Morgan fingerprint density at radius 3 is 2.44 bits per heavy atom. The molecule has 8 heteroatoms. The molecule has 7 nitrogen and oxygen atoms in total. The van der Waals surface area contributed by atoms with Crippen LogP contribution < -0.4 is 4.90 Å². The molecule has 1 unspecified atom stereocenters. The molecule has 0 aliphatic carbocycles. The molecule has 2 aliphatic rings. The van der Waals surface area contributed by atoms with Gasteiger partial charge in [0.15, 0.2) is 5.76 Å². The molecule has 0 bridgehead atoms. The summed E-state index contributed by atoms with van der Waals surface area (Å²) in [4.78, 5) is 15.7. The minimum atomic E-state index is -4.00. The highest BCUT2D eigenvalue weighted by molar-refractivity contribution is 7.89. The quantitative estimate of drug-likeness (QED) is 0.610. The lowest BCUT2D eigenvalue weighted by molar-refractivity contribution is -0.122. The number of benzene rings is 2. The van der Waals surface area contributed by atoms with Gasteiger partial charge in [0.1, 0.15) is 16.6 Å². The zero-order valence-corrected chi connectivity index (χ0v) is 18.9. The highest BCUT2D eigenvalue weighted by Crippen LogP contribution is 2.34. The van der Waals surface area contributed by atoms with Crippen molar-refractivity contribution in [2.24, 2.45) is 0 Å². The van der Waals surface area contributed by atoms with Crippen LogP contribution in [0, 0.1) is 13.8 Å². The molecule has 0 saturated heterocycles. The van der Waals surface area contributed by atoms with Crippen molar-refractivity contribution in [1.29, 1.82) is 0 Å². The SMILES string of the molecule is Cc1noc(C)c1S(=O)(=O)N1Cc2ccccc2CC1C(=O)N1CCCc2ccccc21. The van der Waals surface area contributed by atoms with Gasteiger partial charge in [0.2, 0.25) is 15.9 Å². The van der Waals surface area contributed by atoms with Gasteiger partial charge in [-0.25, -0.2) is 8.42 Å². The molecule has 0 saturated carbocycles. The standard InChI is InChI=1S/C24H25N3O4S/c1-16-23(17(2)31-25-16)32(29,30)27-15-20-10-4-3-9-19(20)14-22(27)24(28)26-13-7-11-18-8-5-6-12-21(18)26/h3-6,8-10,12,22H,7,11,13-15H2,1-2H3. The zero-order valence-electron chi connectivity index (χ0n) is 18.1. The predicted molar refractivity (Wildman–Crippen MR) is 120 cm³/mol. The summed E-state index contributed by atoms with van der Waals surface area (Å²) < 4.78 is 34.1. The molecule has 3 aromatic rings. The molecule has 0 radical (unpaired) electrons. The molecule has 2 aliphatic heterocycles. The van der Waals surface area contributed by atoms with E-state index in [-0.39, 0.29) is 23.1 Å². The topological polar surface area (TPSA) is 83.7 Å². The van der Waals surface area contributed by atoms with E-state index in [9.17, 15) is 13.2 Å². The number of amides is 1. The van der Waals surface area contributed by atoms with E-state index in [0.29, 0.717) is 18.7 Å². The van der Waals surface area contributed by atoms with Crippen LogP contribution in [0.25, 0.3) is 0 Å². The maximum absolute atomic E-state index is 13.9. The van der Waals surface area contributed by atoms with Gasteiger partial charge >= 0.3 is 0 Å². The third kappa shape index (κ3) is 3.34. The van der Waals surface area contributed by atoms with Gasteiger partial charge in [-0.1, -0.05) is 47.6 Å². The van der Waals surface area contributed by atoms with Gasteiger partial charge in [-0.3, -0.25) is 4.79 Å². The van der Waals surface area contributed by atoms with Crippen molar-refractivity contribution >= 4 is 21.6 Å². The monoisotopic (exact) mass is 451 g/mol. The molecule has 32 heavy (non-hydrogen) atoms. The minimum absolute atomic E-state index is 0.0497. The Morgan fingerprint density at radius 2 is 1.72 bits per heavy atom.